The summed E-state index contributed by atoms with van der Waals surface area (Å²) in [6, 6.07) is 13.9. The molecular formula is C20H20FNO. The van der Waals surface area contributed by atoms with Gasteiger partial charge in [0.25, 0.3) is 5.56 Å². The summed E-state index contributed by atoms with van der Waals surface area (Å²) in [6.07, 6.45) is 0. The molecule has 1 N–H and O–H groups in total. The van der Waals surface area contributed by atoms with Gasteiger partial charge in [0.2, 0.25) is 0 Å². The van der Waals surface area contributed by atoms with Crippen molar-refractivity contribution >= 4 is 16.3 Å². The van der Waals surface area contributed by atoms with Crippen molar-refractivity contribution in [3.63, 3.8) is 0 Å². The first-order valence-electron chi connectivity index (χ1n) is 7.63. The van der Waals surface area contributed by atoms with E-state index in [2.05, 4.69) is 11.6 Å². The molecule has 23 heavy (non-hydrogen) atoms. The number of allylic oxidation sites excluding steroid dienone is 1. The van der Waals surface area contributed by atoms with Gasteiger partial charge in [-0.2, -0.15) is 0 Å². The molecule has 0 radical (unpaired) electrons. The van der Waals surface area contributed by atoms with Crippen LogP contribution in [0.2, 0.25) is 0 Å². The molecule has 0 unspecified atom stereocenters. The molecule has 3 aromatic rings. The van der Waals surface area contributed by atoms with Gasteiger partial charge in [0.15, 0.2) is 0 Å². The number of halogens is 1. The number of nitrogens with one attached hydrogen (secondary N) is 1. The molecule has 0 fully saturated rings. The highest BCUT2D eigenvalue weighted by Gasteiger charge is 2.05. The monoisotopic (exact) mass is 309 g/mol. The molecule has 1 heterocycles. The zero-order valence-corrected chi connectivity index (χ0v) is 13.6. The van der Waals surface area contributed by atoms with Gasteiger partial charge in [-0.3, -0.25) is 4.79 Å². The second kappa shape index (κ2) is 7.05. The number of aromatic nitrogens is 1. The van der Waals surface area contributed by atoms with Crippen molar-refractivity contribution in [2.24, 2.45) is 0 Å². The highest BCUT2D eigenvalue weighted by Crippen LogP contribution is 2.22. The van der Waals surface area contributed by atoms with E-state index >= 15 is 0 Å². The zero-order chi connectivity index (χ0) is 17.0. The largest absolute Gasteiger partial charge is 0.321 e. The average Bonchev–Trinajstić information content (AvgIpc) is 2.57. The molecule has 3 rings (SSSR count). The summed E-state index contributed by atoms with van der Waals surface area (Å²) < 4.78 is 13.2. The molecule has 0 saturated heterocycles. The normalized spacial score (nSPS) is 10.1. The van der Waals surface area contributed by atoms with Crippen molar-refractivity contribution in [1.82, 2.24) is 4.98 Å². The average molecular weight is 309 g/mol. The van der Waals surface area contributed by atoms with Crippen molar-refractivity contribution in [3.8, 4) is 11.3 Å². The molecule has 0 amide bonds. The van der Waals surface area contributed by atoms with E-state index in [4.69, 9.17) is 0 Å². The van der Waals surface area contributed by atoms with Crippen LogP contribution in [0.25, 0.3) is 27.6 Å². The predicted molar refractivity (Wildman–Crippen MR) is 96.0 cm³/mol. The van der Waals surface area contributed by atoms with E-state index in [0.717, 1.165) is 22.1 Å². The van der Waals surface area contributed by atoms with E-state index < -0.39 is 5.82 Å². The molecule has 0 aliphatic carbocycles. The molecule has 0 aliphatic heterocycles. The van der Waals surface area contributed by atoms with Crippen LogP contribution in [-0.2, 0) is 0 Å². The standard InChI is InChI=1S/C18H14FNO.C2H6/c1-11(2)12-3-5-13(6-4-12)17-9-14-7-8-15(19)10-16(14)18(21)20-17;1-2/h3-10H,1H2,2H3,(H,20,21);1-2H3. The second-order valence-corrected chi connectivity index (χ2v) is 5.10. The molecule has 1 aromatic heterocycles. The molecule has 0 saturated carbocycles. The highest BCUT2D eigenvalue weighted by molar-refractivity contribution is 5.85. The Morgan fingerprint density at radius 3 is 2.30 bits per heavy atom. The van der Waals surface area contributed by atoms with E-state index in [1.54, 1.807) is 6.07 Å². The van der Waals surface area contributed by atoms with Crippen LogP contribution in [0.3, 0.4) is 0 Å². The number of aromatic amines is 1. The maximum atomic E-state index is 13.2. The molecule has 0 aliphatic rings. The number of fused-ring (bicyclic) bond motifs is 1. The Labute approximate surface area is 135 Å². The zero-order valence-electron chi connectivity index (χ0n) is 13.6. The van der Waals surface area contributed by atoms with E-state index in [1.165, 1.54) is 12.1 Å². The molecule has 0 bridgehead atoms. The van der Waals surface area contributed by atoms with Crippen LogP contribution in [-0.4, -0.2) is 4.98 Å². The Hall–Kier alpha value is -2.68. The van der Waals surface area contributed by atoms with Crippen molar-refractivity contribution in [3.05, 3.63) is 76.8 Å². The summed E-state index contributed by atoms with van der Waals surface area (Å²) in [4.78, 5) is 14.9. The molecule has 2 aromatic carbocycles. The Morgan fingerprint density at radius 2 is 1.70 bits per heavy atom. The van der Waals surface area contributed by atoms with Crippen molar-refractivity contribution in [2.45, 2.75) is 20.8 Å². The second-order valence-electron chi connectivity index (χ2n) is 5.10. The van der Waals surface area contributed by atoms with Gasteiger partial charge in [0.1, 0.15) is 5.82 Å². The van der Waals surface area contributed by atoms with Gasteiger partial charge in [-0.1, -0.05) is 56.3 Å². The summed E-state index contributed by atoms with van der Waals surface area (Å²) in [5, 5.41) is 1.08. The minimum Gasteiger partial charge on any atom is -0.321 e. The van der Waals surface area contributed by atoms with Gasteiger partial charge in [0, 0.05) is 11.1 Å². The van der Waals surface area contributed by atoms with Crippen LogP contribution in [0.15, 0.2) is 59.9 Å². The maximum Gasteiger partial charge on any atom is 0.256 e. The number of benzene rings is 2. The molecule has 2 nitrogen and oxygen atoms in total. The summed E-state index contributed by atoms with van der Waals surface area (Å²) in [5.41, 5.74) is 3.38. The van der Waals surface area contributed by atoms with Crippen molar-refractivity contribution in [1.29, 1.82) is 0 Å². The lowest BCUT2D eigenvalue weighted by molar-refractivity contribution is 0.629. The smallest absolute Gasteiger partial charge is 0.256 e. The summed E-state index contributed by atoms with van der Waals surface area (Å²) in [6.45, 7) is 9.84. The molecule has 0 atom stereocenters. The van der Waals surface area contributed by atoms with Crippen LogP contribution >= 0.6 is 0 Å². The van der Waals surface area contributed by atoms with Gasteiger partial charge in [-0.15, -0.1) is 0 Å². The third-order valence-electron chi connectivity index (χ3n) is 3.50. The van der Waals surface area contributed by atoms with Crippen LogP contribution in [0, 0.1) is 5.82 Å². The Kier molecular flexibility index (Phi) is 5.12. The minimum atomic E-state index is -0.411. The van der Waals surface area contributed by atoms with Crippen LogP contribution in [0.4, 0.5) is 4.39 Å². The molecule has 118 valence electrons. The molecule has 0 spiro atoms. The number of pyridine rings is 1. The summed E-state index contributed by atoms with van der Waals surface area (Å²) >= 11 is 0. The van der Waals surface area contributed by atoms with E-state index in [0.29, 0.717) is 11.1 Å². The lowest BCUT2D eigenvalue weighted by atomic mass is 10.0. The minimum absolute atomic E-state index is 0.286. The van der Waals surface area contributed by atoms with Crippen LogP contribution in [0.5, 0.6) is 0 Å². The number of rotatable bonds is 2. The fourth-order valence-electron chi connectivity index (χ4n) is 2.32. The van der Waals surface area contributed by atoms with Gasteiger partial charge in [-0.25, -0.2) is 4.39 Å². The lowest BCUT2D eigenvalue weighted by Gasteiger charge is -2.06. The van der Waals surface area contributed by atoms with Crippen molar-refractivity contribution in [2.75, 3.05) is 0 Å². The molecule has 3 heteroatoms. The Balaban J connectivity index is 0.000000924. The third-order valence-corrected chi connectivity index (χ3v) is 3.50. The predicted octanol–water partition coefficient (Wildman–Crippen LogP) is 5.39. The van der Waals surface area contributed by atoms with Crippen LogP contribution in [0.1, 0.15) is 26.3 Å². The Bertz CT molecular complexity index is 892. The van der Waals surface area contributed by atoms with Gasteiger partial charge in [0.05, 0.1) is 0 Å². The Morgan fingerprint density at radius 1 is 1.04 bits per heavy atom. The quantitative estimate of drug-likeness (QED) is 0.676. The first kappa shape index (κ1) is 16.7. The van der Waals surface area contributed by atoms with E-state index in [-0.39, 0.29) is 5.56 Å². The van der Waals surface area contributed by atoms with Crippen LogP contribution < -0.4 is 5.56 Å². The van der Waals surface area contributed by atoms with Gasteiger partial charge in [-0.05, 0) is 41.6 Å². The first-order valence-corrected chi connectivity index (χ1v) is 7.63. The lowest BCUT2D eigenvalue weighted by Crippen LogP contribution is -2.07. The SMILES string of the molecule is C=C(C)c1ccc(-c2cc3ccc(F)cc3c(=O)[nH]2)cc1.CC. The number of hydrogen-bond donors (Lipinski definition) is 1. The topological polar surface area (TPSA) is 32.9 Å². The highest BCUT2D eigenvalue weighted by atomic mass is 19.1. The van der Waals surface area contributed by atoms with Gasteiger partial charge >= 0.3 is 0 Å². The van der Waals surface area contributed by atoms with Gasteiger partial charge < -0.3 is 4.98 Å². The summed E-state index contributed by atoms with van der Waals surface area (Å²) in [5.74, 6) is -0.411. The van der Waals surface area contributed by atoms with Crippen molar-refractivity contribution < 1.29 is 4.39 Å². The third kappa shape index (κ3) is 3.57. The fourth-order valence-corrected chi connectivity index (χ4v) is 2.32. The maximum absolute atomic E-state index is 13.2. The number of H-pyrrole nitrogens is 1. The molecular weight excluding hydrogens is 289 g/mol. The number of hydrogen-bond acceptors (Lipinski definition) is 1. The van der Waals surface area contributed by atoms with E-state index in [9.17, 15) is 9.18 Å². The summed E-state index contributed by atoms with van der Waals surface area (Å²) in [7, 11) is 0. The van der Waals surface area contributed by atoms with E-state index in [1.807, 2.05) is 51.1 Å². The fraction of sp³-hybridized carbons (Fsp3) is 0.150. The first-order chi connectivity index (χ1) is 11.0.